The van der Waals surface area contributed by atoms with Crippen LogP contribution < -0.4 is 10.1 Å². The lowest BCUT2D eigenvalue weighted by Crippen LogP contribution is -2.39. The molecule has 0 spiro atoms. The molecule has 1 N–H and O–H groups in total. The Morgan fingerprint density at radius 3 is 3.06 bits per heavy atom. The summed E-state index contributed by atoms with van der Waals surface area (Å²) in [5.41, 5.74) is 0.755. The second-order valence-corrected chi connectivity index (χ2v) is 4.07. The summed E-state index contributed by atoms with van der Waals surface area (Å²) < 4.78 is 23.8. The molecule has 1 aliphatic heterocycles. The average Bonchev–Trinajstić information content (AvgIpc) is 2.26. The van der Waals surface area contributed by atoms with E-state index >= 15 is 0 Å². The van der Waals surface area contributed by atoms with Crippen molar-refractivity contribution >= 4 is 0 Å². The number of pyridine rings is 1. The first kappa shape index (κ1) is 12.3. The Kier molecular flexibility index (Phi) is 4.28. The maximum absolute atomic E-state index is 13.1. The molecule has 17 heavy (non-hydrogen) atoms. The summed E-state index contributed by atoms with van der Waals surface area (Å²) in [5.74, 6) is 0.166. The van der Waals surface area contributed by atoms with Gasteiger partial charge in [0.15, 0.2) is 0 Å². The van der Waals surface area contributed by atoms with Gasteiger partial charge in [0.05, 0.1) is 19.4 Å². The summed E-state index contributed by atoms with van der Waals surface area (Å²) in [4.78, 5) is 3.99. The van der Waals surface area contributed by atoms with E-state index in [2.05, 4.69) is 17.2 Å². The number of rotatable bonds is 6. The molecule has 5 heteroatoms. The van der Waals surface area contributed by atoms with Crippen LogP contribution in [0.3, 0.4) is 0 Å². The molecule has 1 aliphatic rings. The van der Waals surface area contributed by atoms with E-state index in [0.29, 0.717) is 25.6 Å². The van der Waals surface area contributed by atoms with Crippen LogP contribution in [0.2, 0.25) is 0 Å². The Morgan fingerprint density at radius 1 is 1.59 bits per heavy atom. The van der Waals surface area contributed by atoms with Gasteiger partial charge >= 0.3 is 0 Å². The zero-order valence-corrected chi connectivity index (χ0v) is 9.91. The minimum absolute atomic E-state index is 0.0536. The zero-order chi connectivity index (χ0) is 12.1. The fourth-order valence-electron chi connectivity index (χ4n) is 1.54. The van der Waals surface area contributed by atoms with E-state index in [-0.39, 0.29) is 11.9 Å². The molecule has 2 rings (SSSR count). The molecule has 0 radical (unpaired) electrons. The number of nitrogens with one attached hydrogen (secondary N) is 1. The largest absolute Gasteiger partial charge is 0.469 e. The smallest absolute Gasteiger partial charge is 0.218 e. The third-order valence-corrected chi connectivity index (χ3v) is 2.52. The number of ether oxygens (including phenoxy) is 2. The van der Waals surface area contributed by atoms with Gasteiger partial charge in [0, 0.05) is 12.1 Å². The highest BCUT2D eigenvalue weighted by molar-refractivity contribution is 5.26. The molecule has 1 aromatic rings. The minimum Gasteiger partial charge on any atom is -0.469 e. The maximum atomic E-state index is 13.1. The van der Waals surface area contributed by atoms with Crippen LogP contribution in [0, 0.1) is 5.82 Å². The van der Waals surface area contributed by atoms with Gasteiger partial charge < -0.3 is 14.8 Å². The standard InChI is InChI=1S/C12H17FN2O2/c1-2-3-14-5-9-4-10(13)6-15-12(9)17-11-7-16-8-11/h4,6,11,14H,2-3,5,7-8H2,1H3. The highest BCUT2D eigenvalue weighted by Gasteiger charge is 2.22. The van der Waals surface area contributed by atoms with Crippen molar-refractivity contribution in [3.05, 3.63) is 23.6 Å². The second kappa shape index (κ2) is 5.93. The average molecular weight is 240 g/mol. The summed E-state index contributed by atoms with van der Waals surface area (Å²) in [6, 6.07) is 1.46. The monoisotopic (exact) mass is 240 g/mol. The third kappa shape index (κ3) is 3.38. The summed E-state index contributed by atoms with van der Waals surface area (Å²) in [5, 5.41) is 3.21. The normalized spacial score (nSPS) is 15.6. The van der Waals surface area contributed by atoms with Gasteiger partial charge in [-0.2, -0.15) is 0 Å². The van der Waals surface area contributed by atoms with Crippen molar-refractivity contribution in [2.24, 2.45) is 0 Å². The molecule has 4 nitrogen and oxygen atoms in total. The van der Waals surface area contributed by atoms with Crippen molar-refractivity contribution in [1.82, 2.24) is 10.3 Å². The molecule has 2 heterocycles. The molecule has 0 saturated carbocycles. The van der Waals surface area contributed by atoms with Gasteiger partial charge in [-0.05, 0) is 19.0 Å². The van der Waals surface area contributed by atoms with Gasteiger partial charge in [-0.25, -0.2) is 9.37 Å². The van der Waals surface area contributed by atoms with Gasteiger partial charge in [0.25, 0.3) is 0 Å². The van der Waals surface area contributed by atoms with Crippen molar-refractivity contribution in [3.63, 3.8) is 0 Å². The van der Waals surface area contributed by atoms with Gasteiger partial charge in [0.2, 0.25) is 5.88 Å². The Labute approximate surface area is 100 Å². The van der Waals surface area contributed by atoms with Crippen molar-refractivity contribution in [2.75, 3.05) is 19.8 Å². The topological polar surface area (TPSA) is 43.4 Å². The molecular formula is C12H17FN2O2. The van der Waals surface area contributed by atoms with Crippen molar-refractivity contribution in [1.29, 1.82) is 0 Å². The van der Waals surface area contributed by atoms with Crippen LogP contribution in [0.15, 0.2) is 12.3 Å². The predicted molar refractivity (Wildman–Crippen MR) is 61.4 cm³/mol. The highest BCUT2D eigenvalue weighted by Crippen LogP contribution is 2.19. The second-order valence-electron chi connectivity index (χ2n) is 4.07. The van der Waals surface area contributed by atoms with Gasteiger partial charge in [-0.15, -0.1) is 0 Å². The summed E-state index contributed by atoms with van der Waals surface area (Å²) in [7, 11) is 0. The lowest BCUT2D eigenvalue weighted by atomic mass is 10.2. The number of aromatic nitrogens is 1. The maximum Gasteiger partial charge on any atom is 0.218 e. The van der Waals surface area contributed by atoms with Gasteiger partial charge in [-0.1, -0.05) is 6.92 Å². The van der Waals surface area contributed by atoms with Crippen LogP contribution in [-0.4, -0.2) is 30.8 Å². The number of hydrogen-bond donors (Lipinski definition) is 1. The van der Waals surface area contributed by atoms with Crippen LogP contribution in [0.4, 0.5) is 4.39 Å². The quantitative estimate of drug-likeness (QED) is 0.765. The minimum atomic E-state index is -0.337. The van der Waals surface area contributed by atoms with Crippen LogP contribution >= 0.6 is 0 Å². The third-order valence-electron chi connectivity index (χ3n) is 2.52. The molecule has 0 bridgehead atoms. The Balaban J connectivity index is 2.00. The fourth-order valence-corrected chi connectivity index (χ4v) is 1.54. The molecule has 0 amide bonds. The zero-order valence-electron chi connectivity index (χ0n) is 9.91. The van der Waals surface area contributed by atoms with Crippen LogP contribution in [0.25, 0.3) is 0 Å². The van der Waals surface area contributed by atoms with E-state index in [4.69, 9.17) is 9.47 Å². The van der Waals surface area contributed by atoms with E-state index in [0.717, 1.165) is 18.5 Å². The van der Waals surface area contributed by atoms with Gasteiger partial charge in [-0.3, -0.25) is 0 Å². The lowest BCUT2D eigenvalue weighted by Gasteiger charge is -2.27. The summed E-state index contributed by atoms with van der Waals surface area (Å²) in [6.45, 7) is 4.71. The van der Waals surface area contributed by atoms with Crippen molar-refractivity contribution < 1.29 is 13.9 Å². The van der Waals surface area contributed by atoms with E-state index in [1.807, 2.05) is 0 Å². The Hall–Kier alpha value is -1.20. The lowest BCUT2D eigenvalue weighted by molar-refractivity contribution is -0.0817. The van der Waals surface area contributed by atoms with Crippen molar-refractivity contribution in [3.8, 4) is 5.88 Å². The molecule has 1 fully saturated rings. The highest BCUT2D eigenvalue weighted by atomic mass is 19.1. The molecule has 0 unspecified atom stereocenters. The van der Waals surface area contributed by atoms with E-state index < -0.39 is 0 Å². The van der Waals surface area contributed by atoms with Gasteiger partial charge in [0.1, 0.15) is 11.9 Å². The molecule has 1 aromatic heterocycles. The molecule has 0 aliphatic carbocycles. The van der Waals surface area contributed by atoms with Crippen molar-refractivity contribution in [2.45, 2.75) is 26.0 Å². The molecule has 0 atom stereocenters. The SMILES string of the molecule is CCCNCc1cc(F)cnc1OC1COC1. The predicted octanol–water partition coefficient (Wildman–Crippen LogP) is 1.50. The molecule has 94 valence electrons. The molecule has 0 aromatic carbocycles. The Morgan fingerprint density at radius 2 is 2.41 bits per heavy atom. The number of hydrogen-bond acceptors (Lipinski definition) is 4. The van der Waals surface area contributed by atoms with Crippen LogP contribution in [0.1, 0.15) is 18.9 Å². The van der Waals surface area contributed by atoms with E-state index in [1.54, 1.807) is 0 Å². The first-order chi connectivity index (χ1) is 8.29. The molecule has 1 saturated heterocycles. The fraction of sp³-hybridized carbons (Fsp3) is 0.583. The first-order valence-electron chi connectivity index (χ1n) is 5.89. The molecular weight excluding hydrogens is 223 g/mol. The number of nitrogens with zero attached hydrogens (tertiary/aromatic N) is 1. The number of halogens is 1. The Bertz CT molecular complexity index is 370. The summed E-state index contributed by atoms with van der Waals surface area (Å²) >= 11 is 0. The van der Waals surface area contributed by atoms with E-state index in [1.165, 1.54) is 12.3 Å². The van der Waals surface area contributed by atoms with Crippen LogP contribution in [0.5, 0.6) is 5.88 Å². The first-order valence-corrected chi connectivity index (χ1v) is 5.89. The van der Waals surface area contributed by atoms with Crippen LogP contribution in [-0.2, 0) is 11.3 Å². The summed E-state index contributed by atoms with van der Waals surface area (Å²) in [6.07, 6.45) is 2.27. The van der Waals surface area contributed by atoms with E-state index in [9.17, 15) is 4.39 Å².